The molecule has 2 aromatic rings. The number of ether oxygens (including phenoxy) is 2. The first-order valence-electron chi connectivity index (χ1n) is 11.7. The molecular weight excluding hydrogens is 422 g/mol. The SMILES string of the molecule is CC1CCN(C(=O)OCN2C[C@@]3(CCC[C@H](Cn4cnc5ccc(C#N)cc54)C3)OC2=O)C1. The molecule has 5 rings (SSSR count). The van der Waals surface area contributed by atoms with Gasteiger partial charge in [0, 0.05) is 19.6 Å². The number of rotatable bonds is 4. The maximum atomic E-state index is 12.6. The largest absolute Gasteiger partial charge is 0.441 e. The normalized spacial score (nSPS) is 27.2. The molecule has 0 N–H and O–H groups in total. The number of likely N-dealkylation sites (tertiary alicyclic amines) is 1. The Morgan fingerprint density at radius 2 is 2.27 bits per heavy atom. The molecule has 3 fully saturated rings. The molecule has 3 heterocycles. The number of imidazole rings is 1. The summed E-state index contributed by atoms with van der Waals surface area (Å²) in [6.07, 6.45) is 5.60. The molecule has 3 atom stereocenters. The van der Waals surface area contributed by atoms with Crippen LogP contribution in [0, 0.1) is 23.2 Å². The van der Waals surface area contributed by atoms with Gasteiger partial charge in [0.25, 0.3) is 0 Å². The van der Waals surface area contributed by atoms with Crippen molar-refractivity contribution < 1.29 is 19.1 Å². The molecule has 3 aliphatic rings. The second kappa shape index (κ2) is 8.58. The van der Waals surface area contributed by atoms with Crippen molar-refractivity contribution in [2.24, 2.45) is 11.8 Å². The summed E-state index contributed by atoms with van der Waals surface area (Å²) in [5, 5.41) is 9.22. The number of benzene rings is 1. The van der Waals surface area contributed by atoms with Crippen LogP contribution in [0.3, 0.4) is 0 Å². The molecule has 174 valence electrons. The number of hydrogen-bond acceptors (Lipinski definition) is 6. The first kappa shape index (κ1) is 21.6. The van der Waals surface area contributed by atoms with Crippen molar-refractivity contribution in [3.05, 3.63) is 30.1 Å². The Morgan fingerprint density at radius 1 is 1.39 bits per heavy atom. The van der Waals surface area contributed by atoms with E-state index in [0.29, 0.717) is 37.0 Å². The third-order valence-electron chi connectivity index (χ3n) is 7.18. The van der Waals surface area contributed by atoms with Crippen molar-refractivity contribution in [2.45, 2.75) is 51.2 Å². The van der Waals surface area contributed by atoms with Gasteiger partial charge in [-0.15, -0.1) is 0 Å². The van der Waals surface area contributed by atoms with E-state index in [1.165, 1.54) is 4.90 Å². The average molecular weight is 452 g/mol. The van der Waals surface area contributed by atoms with Crippen LogP contribution in [0.5, 0.6) is 0 Å². The molecule has 1 aromatic carbocycles. The summed E-state index contributed by atoms with van der Waals surface area (Å²) in [6, 6.07) is 7.70. The van der Waals surface area contributed by atoms with Crippen LogP contribution in [0.15, 0.2) is 24.5 Å². The van der Waals surface area contributed by atoms with Gasteiger partial charge in [-0.05, 0) is 62.1 Å². The Bertz CT molecular complexity index is 1110. The summed E-state index contributed by atoms with van der Waals surface area (Å²) in [6.45, 7) is 4.64. The Morgan fingerprint density at radius 3 is 3.06 bits per heavy atom. The maximum absolute atomic E-state index is 12.6. The lowest BCUT2D eigenvalue weighted by molar-refractivity contribution is 0.00379. The molecular formula is C24H29N5O4. The number of nitriles is 1. The van der Waals surface area contributed by atoms with Gasteiger partial charge >= 0.3 is 12.2 Å². The summed E-state index contributed by atoms with van der Waals surface area (Å²) in [4.78, 5) is 32.5. The standard InChI is InChI=1S/C24H29N5O4/c1-17-6-8-27(12-17)22(30)32-16-29-14-24(33-23(29)31)7-2-3-19(10-24)13-28-15-26-20-5-4-18(11-25)9-21(20)28/h4-5,9,15,17,19H,2-3,6-8,10,12-14,16H2,1H3/t17?,19-,24-/m0/s1. The fourth-order valence-electron chi connectivity index (χ4n) is 5.50. The Balaban J connectivity index is 1.21. The zero-order chi connectivity index (χ0) is 23.0. The van der Waals surface area contributed by atoms with Crippen molar-refractivity contribution in [3.8, 4) is 6.07 Å². The summed E-state index contributed by atoms with van der Waals surface area (Å²) < 4.78 is 13.4. The molecule has 0 radical (unpaired) electrons. The van der Waals surface area contributed by atoms with E-state index < -0.39 is 11.7 Å². The van der Waals surface area contributed by atoms with Crippen LogP contribution in [0.1, 0.15) is 44.6 Å². The van der Waals surface area contributed by atoms with E-state index in [0.717, 1.165) is 49.7 Å². The van der Waals surface area contributed by atoms with Gasteiger partial charge in [0.15, 0.2) is 6.73 Å². The Kier molecular flexibility index (Phi) is 5.60. The molecule has 9 nitrogen and oxygen atoms in total. The van der Waals surface area contributed by atoms with Gasteiger partial charge in [-0.25, -0.2) is 14.6 Å². The van der Waals surface area contributed by atoms with Crippen LogP contribution in [-0.2, 0) is 16.0 Å². The highest BCUT2D eigenvalue weighted by atomic mass is 16.6. The van der Waals surface area contributed by atoms with E-state index in [1.54, 1.807) is 11.0 Å². The van der Waals surface area contributed by atoms with E-state index in [9.17, 15) is 14.9 Å². The fourth-order valence-corrected chi connectivity index (χ4v) is 5.50. The van der Waals surface area contributed by atoms with E-state index in [4.69, 9.17) is 9.47 Å². The van der Waals surface area contributed by atoms with Crippen LogP contribution in [0.2, 0.25) is 0 Å². The number of hydrogen-bond donors (Lipinski definition) is 0. The minimum absolute atomic E-state index is 0.0714. The summed E-state index contributed by atoms with van der Waals surface area (Å²) >= 11 is 0. The van der Waals surface area contributed by atoms with Crippen molar-refractivity contribution >= 4 is 23.2 Å². The number of amides is 2. The Labute approximate surface area is 192 Å². The number of carbonyl (C=O) groups excluding carboxylic acids is 2. The van der Waals surface area contributed by atoms with Crippen molar-refractivity contribution in [1.29, 1.82) is 5.26 Å². The molecule has 2 aliphatic heterocycles. The van der Waals surface area contributed by atoms with E-state index in [2.05, 4.69) is 22.5 Å². The lowest BCUT2D eigenvalue weighted by Crippen LogP contribution is -2.41. The molecule has 1 saturated carbocycles. The molecule has 2 amide bonds. The third kappa shape index (κ3) is 4.34. The monoisotopic (exact) mass is 451 g/mol. The quantitative estimate of drug-likeness (QED) is 0.702. The summed E-state index contributed by atoms with van der Waals surface area (Å²) in [5.74, 6) is 0.805. The van der Waals surface area contributed by atoms with Gasteiger partial charge in [-0.2, -0.15) is 5.26 Å². The highest BCUT2D eigenvalue weighted by molar-refractivity contribution is 5.77. The molecule has 1 unspecified atom stereocenters. The number of fused-ring (bicyclic) bond motifs is 1. The minimum atomic E-state index is -0.539. The van der Waals surface area contributed by atoms with Crippen LogP contribution in [0.25, 0.3) is 11.0 Å². The summed E-state index contributed by atoms with van der Waals surface area (Å²) in [7, 11) is 0. The zero-order valence-corrected chi connectivity index (χ0v) is 18.9. The first-order chi connectivity index (χ1) is 15.9. The fraction of sp³-hybridized carbons (Fsp3) is 0.583. The van der Waals surface area contributed by atoms with Crippen LogP contribution >= 0.6 is 0 Å². The van der Waals surface area contributed by atoms with Crippen molar-refractivity contribution in [3.63, 3.8) is 0 Å². The van der Waals surface area contributed by atoms with Gasteiger partial charge in [-0.1, -0.05) is 6.92 Å². The lowest BCUT2D eigenvalue weighted by atomic mass is 9.78. The number of aromatic nitrogens is 2. The van der Waals surface area contributed by atoms with Gasteiger partial charge < -0.3 is 18.9 Å². The van der Waals surface area contributed by atoms with Crippen molar-refractivity contribution in [1.82, 2.24) is 19.4 Å². The van der Waals surface area contributed by atoms with E-state index >= 15 is 0 Å². The highest BCUT2D eigenvalue weighted by Gasteiger charge is 2.48. The van der Waals surface area contributed by atoms with Gasteiger partial charge in [0.2, 0.25) is 0 Å². The molecule has 2 saturated heterocycles. The molecule has 9 heteroatoms. The van der Waals surface area contributed by atoms with Crippen LogP contribution in [-0.4, -0.2) is 63.5 Å². The second-order valence-electron chi connectivity index (χ2n) is 9.80. The predicted octanol–water partition coefficient (Wildman–Crippen LogP) is 3.73. The number of nitrogens with zero attached hydrogens (tertiary/aromatic N) is 5. The van der Waals surface area contributed by atoms with Crippen molar-refractivity contribution in [2.75, 3.05) is 26.4 Å². The molecule has 1 aromatic heterocycles. The highest BCUT2D eigenvalue weighted by Crippen LogP contribution is 2.40. The lowest BCUT2D eigenvalue weighted by Gasteiger charge is -2.36. The predicted molar refractivity (Wildman–Crippen MR) is 119 cm³/mol. The van der Waals surface area contributed by atoms with E-state index in [1.807, 2.05) is 18.5 Å². The molecule has 1 spiro atoms. The minimum Gasteiger partial charge on any atom is -0.441 e. The van der Waals surface area contributed by atoms with Crippen LogP contribution in [0.4, 0.5) is 9.59 Å². The number of carbonyl (C=O) groups is 2. The smallest absolute Gasteiger partial charge is 0.413 e. The Hall–Kier alpha value is -3.28. The van der Waals surface area contributed by atoms with Gasteiger partial charge in [0.1, 0.15) is 5.60 Å². The van der Waals surface area contributed by atoms with Crippen LogP contribution < -0.4 is 0 Å². The second-order valence-corrected chi connectivity index (χ2v) is 9.80. The average Bonchev–Trinajstić information content (AvgIpc) is 3.49. The molecule has 0 bridgehead atoms. The third-order valence-corrected chi connectivity index (χ3v) is 7.18. The molecule has 1 aliphatic carbocycles. The topological polar surface area (TPSA) is 101 Å². The summed E-state index contributed by atoms with van der Waals surface area (Å²) in [5.41, 5.74) is 1.89. The maximum Gasteiger partial charge on any atom is 0.413 e. The van der Waals surface area contributed by atoms with Gasteiger partial charge in [-0.3, -0.25) is 4.90 Å². The van der Waals surface area contributed by atoms with Gasteiger partial charge in [0.05, 0.1) is 35.5 Å². The first-order valence-corrected chi connectivity index (χ1v) is 11.7. The zero-order valence-electron chi connectivity index (χ0n) is 18.9. The molecule has 33 heavy (non-hydrogen) atoms. The van der Waals surface area contributed by atoms with E-state index in [-0.39, 0.29) is 12.8 Å².